The summed E-state index contributed by atoms with van der Waals surface area (Å²) in [6, 6.07) is 21.7. The Hall–Kier alpha value is -2.18. The molecule has 1 unspecified atom stereocenters. The van der Waals surface area contributed by atoms with Gasteiger partial charge in [0.15, 0.2) is 0 Å². The van der Waals surface area contributed by atoms with Crippen LogP contribution in [-0.4, -0.2) is 34.0 Å². The summed E-state index contributed by atoms with van der Waals surface area (Å²) in [5, 5.41) is 4.63. The largest absolute Gasteiger partial charge is 0.350 e. The summed E-state index contributed by atoms with van der Waals surface area (Å²) >= 11 is 20.5. The van der Waals surface area contributed by atoms with Crippen LogP contribution in [0.25, 0.3) is 0 Å². The van der Waals surface area contributed by atoms with Gasteiger partial charge in [0.25, 0.3) is 0 Å². The van der Waals surface area contributed by atoms with E-state index >= 15 is 0 Å². The normalized spacial score (nSPS) is 12.2. The van der Waals surface area contributed by atoms with Crippen molar-refractivity contribution in [1.82, 2.24) is 10.2 Å². The molecule has 0 bridgehead atoms. The van der Waals surface area contributed by atoms with E-state index in [1.807, 2.05) is 75.4 Å². The number of thioether (sulfide) groups is 1. The van der Waals surface area contributed by atoms with Crippen molar-refractivity contribution in [2.75, 3.05) is 5.75 Å². The second kappa shape index (κ2) is 13.6. The topological polar surface area (TPSA) is 49.4 Å². The molecule has 0 radical (unpaired) electrons. The first-order chi connectivity index (χ1) is 17.5. The molecule has 3 rings (SSSR count). The Balaban J connectivity index is 1.91. The minimum Gasteiger partial charge on any atom is -0.350 e. The van der Waals surface area contributed by atoms with Gasteiger partial charge in [-0.1, -0.05) is 71.2 Å². The minimum absolute atomic E-state index is 0.123. The third kappa shape index (κ3) is 9.26. The Bertz CT molecular complexity index is 1180. The summed E-state index contributed by atoms with van der Waals surface area (Å²) in [4.78, 5) is 30.0. The molecule has 1 atom stereocenters. The number of nitrogens with zero attached hydrogens (tertiary/aromatic N) is 1. The second-order valence-electron chi connectivity index (χ2n) is 9.72. The zero-order valence-corrected chi connectivity index (χ0v) is 24.2. The van der Waals surface area contributed by atoms with Crippen LogP contribution in [0.3, 0.4) is 0 Å². The van der Waals surface area contributed by atoms with Crippen molar-refractivity contribution in [3.05, 3.63) is 99.0 Å². The smallest absolute Gasteiger partial charge is 0.243 e. The van der Waals surface area contributed by atoms with Crippen molar-refractivity contribution >= 4 is 58.4 Å². The molecule has 3 aromatic rings. The molecule has 1 N–H and O–H groups in total. The van der Waals surface area contributed by atoms with Gasteiger partial charge in [0, 0.05) is 56.2 Å². The van der Waals surface area contributed by atoms with Crippen molar-refractivity contribution in [3.63, 3.8) is 0 Å². The standard InChI is InChI=1S/C29H31Cl3N2O2S/c1-29(2,3)33-28(36)26(18-20-8-5-4-6-9-20)34(19-23-24(31)10-7-11-25(23)32)27(35)16-17-37-22-14-12-21(30)13-15-22/h4-15,26H,16-19H2,1-3H3,(H,33,36). The lowest BCUT2D eigenvalue weighted by atomic mass is 10.0. The lowest BCUT2D eigenvalue weighted by Crippen LogP contribution is -2.54. The summed E-state index contributed by atoms with van der Waals surface area (Å²) in [6.45, 7) is 5.89. The lowest BCUT2D eigenvalue weighted by molar-refractivity contribution is -0.141. The van der Waals surface area contributed by atoms with E-state index < -0.39 is 11.6 Å². The maximum Gasteiger partial charge on any atom is 0.243 e. The summed E-state index contributed by atoms with van der Waals surface area (Å²) in [7, 11) is 0. The molecule has 0 spiro atoms. The van der Waals surface area contributed by atoms with E-state index in [4.69, 9.17) is 34.8 Å². The number of rotatable bonds is 10. The lowest BCUT2D eigenvalue weighted by Gasteiger charge is -2.34. The predicted molar refractivity (Wildman–Crippen MR) is 156 cm³/mol. The predicted octanol–water partition coefficient (Wildman–Crippen LogP) is 7.68. The van der Waals surface area contributed by atoms with E-state index in [0.29, 0.717) is 32.8 Å². The Kier molecular flexibility index (Phi) is 10.8. The second-order valence-corrected chi connectivity index (χ2v) is 12.1. The van der Waals surface area contributed by atoms with Crippen LogP contribution in [0.1, 0.15) is 38.3 Å². The number of carbonyl (C=O) groups is 2. The molecule has 37 heavy (non-hydrogen) atoms. The number of hydrogen-bond acceptors (Lipinski definition) is 3. The summed E-state index contributed by atoms with van der Waals surface area (Å²) in [5.74, 6) is 0.173. The molecule has 0 heterocycles. The first-order valence-corrected chi connectivity index (χ1v) is 14.1. The highest BCUT2D eigenvalue weighted by atomic mass is 35.5. The molecule has 0 aliphatic heterocycles. The molecule has 2 amide bonds. The van der Waals surface area contributed by atoms with Crippen molar-refractivity contribution in [2.45, 2.75) is 56.6 Å². The van der Waals surface area contributed by atoms with Crippen LogP contribution in [0.5, 0.6) is 0 Å². The van der Waals surface area contributed by atoms with Gasteiger partial charge in [0.1, 0.15) is 6.04 Å². The van der Waals surface area contributed by atoms with Gasteiger partial charge in [-0.2, -0.15) is 0 Å². The van der Waals surface area contributed by atoms with Crippen LogP contribution in [0, 0.1) is 0 Å². The van der Waals surface area contributed by atoms with Gasteiger partial charge in [-0.25, -0.2) is 0 Å². The summed E-state index contributed by atoms with van der Waals surface area (Å²) in [5.41, 5.74) is 1.11. The molecule has 0 aromatic heterocycles. The SMILES string of the molecule is CC(C)(C)NC(=O)C(Cc1ccccc1)N(Cc1c(Cl)cccc1Cl)C(=O)CCSc1ccc(Cl)cc1. The number of nitrogens with one attached hydrogen (secondary N) is 1. The Labute approximate surface area is 238 Å². The average Bonchev–Trinajstić information content (AvgIpc) is 2.83. The summed E-state index contributed by atoms with van der Waals surface area (Å²) in [6.07, 6.45) is 0.602. The van der Waals surface area contributed by atoms with Gasteiger partial charge in [0.05, 0.1) is 0 Å². The van der Waals surface area contributed by atoms with Crippen molar-refractivity contribution in [1.29, 1.82) is 0 Å². The summed E-state index contributed by atoms with van der Waals surface area (Å²) < 4.78 is 0. The van der Waals surface area contributed by atoms with Gasteiger partial charge in [-0.05, 0) is 62.7 Å². The van der Waals surface area contributed by atoms with Crippen molar-refractivity contribution < 1.29 is 9.59 Å². The van der Waals surface area contributed by atoms with E-state index in [9.17, 15) is 9.59 Å². The Morgan fingerprint density at radius 2 is 1.51 bits per heavy atom. The average molecular weight is 578 g/mol. The van der Waals surface area contributed by atoms with Crippen LogP contribution in [-0.2, 0) is 22.6 Å². The van der Waals surface area contributed by atoms with Crippen LogP contribution < -0.4 is 5.32 Å². The maximum absolute atomic E-state index is 13.7. The Morgan fingerprint density at radius 3 is 2.11 bits per heavy atom. The first kappa shape index (κ1) is 29.4. The minimum atomic E-state index is -0.748. The monoisotopic (exact) mass is 576 g/mol. The van der Waals surface area contributed by atoms with E-state index in [-0.39, 0.29) is 24.8 Å². The molecule has 8 heteroatoms. The van der Waals surface area contributed by atoms with Crippen LogP contribution in [0.4, 0.5) is 0 Å². The highest BCUT2D eigenvalue weighted by Crippen LogP contribution is 2.28. The number of carbonyl (C=O) groups excluding carboxylic acids is 2. The number of amides is 2. The molecule has 0 fully saturated rings. The number of hydrogen-bond donors (Lipinski definition) is 1. The van der Waals surface area contributed by atoms with E-state index in [0.717, 1.165) is 10.5 Å². The van der Waals surface area contributed by atoms with Crippen molar-refractivity contribution in [2.24, 2.45) is 0 Å². The van der Waals surface area contributed by atoms with Crippen LogP contribution >= 0.6 is 46.6 Å². The molecule has 196 valence electrons. The molecule has 3 aromatic carbocycles. The molecular weight excluding hydrogens is 547 g/mol. The molecule has 0 aliphatic rings. The maximum atomic E-state index is 13.7. The fourth-order valence-electron chi connectivity index (χ4n) is 3.79. The third-order valence-corrected chi connectivity index (χ3v) is 7.53. The van der Waals surface area contributed by atoms with Gasteiger partial charge >= 0.3 is 0 Å². The quantitative estimate of drug-likeness (QED) is 0.251. The van der Waals surface area contributed by atoms with Crippen LogP contribution in [0.15, 0.2) is 77.7 Å². The molecular formula is C29H31Cl3N2O2S. The molecule has 4 nitrogen and oxygen atoms in total. The number of benzene rings is 3. The fraction of sp³-hybridized carbons (Fsp3) is 0.310. The van der Waals surface area contributed by atoms with Gasteiger partial charge in [-0.15, -0.1) is 11.8 Å². The van der Waals surface area contributed by atoms with E-state index in [1.54, 1.807) is 34.9 Å². The molecule has 0 aliphatic carbocycles. The fourth-order valence-corrected chi connectivity index (χ4v) is 5.28. The van der Waals surface area contributed by atoms with Crippen LogP contribution in [0.2, 0.25) is 15.1 Å². The van der Waals surface area contributed by atoms with E-state index in [2.05, 4.69) is 5.32 Å². The van der Waals surface area contributed by atoms with E-state index in [1.165, 1.54) is 0 Å². The third-order valence-electron chi connectivity index (χ3n) is 5.56. The molecule has 0 saturated carbocycles. The zero-order valence-electron chi connectivity index (χ0n) is 21.1. The van der Waals surface area contributed by atoms with Gasteiger partial charge < -0.3 is 10.2 Å². The Morgan fingerprint density at radius 1 is 0.892 bits per heavy atom. The number of halogens is 3. The highest BCUT2D eigenvalue weighted by Gasteiger charge is 2.32. The first-order valence-electron chi connectivity index (χ1n) is 12.0. The zero-order chi connectivity index (χ0) is 27.0. The van der Waals surface area contributed by atoms with Gasteiger partial charge in [0.2, 0.25) is 11.8 Å². The highest BCUT2D eigenvalue weighted by molar-refractivity contribution is 7.99. The van der Waals surface area contributed by atoms with Crippen molar-refractivity contribution in [3.8, 4) is 0 Å². The molecule has 0 saturated heterocycles. The van der Waals surface area contributed by atoms with Gasteiger partial charge in [-0.3, -0.25) is 9.59 Å².